The van der Waals surface area contributed by atoms with Crippen molar-refractivity contribution in [3.05, 3.63) is 60.3 Å². The molecule has 0 amide bonds. The SMILES string of the molecule is CCCCOc1ccc(Nc2nc(Nc3ccc(OC(C)(C)C)cc3)ncc2C(F)(F)F)cc1. The maximum atomic E-state index is 13.6. The molecule has 9 heteroatoms. The number of rotatable bonds is 9. The maximum Gasteiger partial charge on any atom is 0.421 e. The van der Waals surface area contributed by atoms with Crippen LogP contribution in [0.2, 0.25) is 0 Å². The zero-order chi connectivity index (χ0) is 24.8. The van der Waals surface area contributed by atoms with E-state index in [0.717, 1.165) is 19.0 Å². The molecule has 0 saturated carbocycles. The van der Waals surface area contributed by atoms with Crippen molar-refractivity contribution in [2.75, 3.05) is 17.2 Å². The van der Waals surface area contributed by atoms with Gasteiger partial charge in [-0.3, -0.25) is 0 Å². The monoisotopic (exact) mass is 474 g/mol. The standard InChI is InChI=1S/C25H29F3N4O2/c1-5-6-15-33-19-11-7-17(8-12-19)30-22-21(25(26,27)28)16-29-23(32-22)31-18-9-13-20(14-10-18)34-24(2,3)4/h7-14,16H,5-6,15H2,1-4H3,(H2,29,30,31,32). The van der Waals surface area contributed by atoms with E-state index in [1.807, 2.05) is 20.8 Å². The molecule has 1 aromatic heterocycles. The van der Waals surface area contributed by atoms with Crippen molar-refractivity contribution in [2.24, 2.45) is 0 Å². The molecule has 0 atom stereocenters. The van der Waals surface area contributed by atoms with Gasteiger partial charge in [-0.2, -0.15) is 18.2 Å². The van der Waals surface area contributed by atoms with Gasteiger partial charge in [-0.05, 0) is 75.7 Å². The first-order valence-electron chi connectivity index (χ1n) is 11.0. The molecule has 0 aliphatic carbocycles. The number of ether oxygens (including phenoxy) is 2. The van der Waals surface area contributed by atoms with Crippen LogP contribution >= 0.6 is 0 Å². The number of anilines is 4. The molecule has 0 bridgehead atoms. The van der Waals surface area contributed by atoms with Crippen LogP contribution in [-0.2, 0) is 6.18 Å². The molecule has 182 valence electrons. The van der Waals surface area contributed by atoms with E-state index in [9.17, 15) is 13.2 Å². The fraction of sp³-hybridized carbons (Fsp3) is 0.360. The third-order valence-corrected chi connectivity index (χ3v) is 4.51. The summed E-state index contributed by atoms with van der Waals surface area (Å²) in [7, 11) is 0. The van der Waals surface area contributed by atoms with Gasteiger partial charge in [0.25, 0.3) is 0 Å². The Balaban J connectivity index is 1.77. The lowest BCUT2D eigenvalue weighted by Gasteiger charge is -2.21. The highest BCUT2D eigenvalue weighted by Crippen LogP contribution is 2.35. The topological polar surface area (TPSA) is 68.3 Å². The molecule has 2 aromatic carbocycles. The van der Waals surface area contributed by atoms with Crippen molar-refractivity contribution in [2.45, 2.75) is 52.3 Å². The predicted molar refractivity (Wildman–Crippen MR) is 127 cm³/mol. The van der Waals surface area contributed by atoms with Crippen LogP contribution in [0.3, 0.4) is 0 Å². The van der Waals surface area contributed by atoms with Crippen LogP contribution in [0.4, 0.5) is 36.3 Å². The molecule has 3 aromatic rings. The van der Waals surface area contributed by atoms with Crippen LogP contribution in [0.25, 0.3) is 0 Å². The second-order valence-electron chi connectivity index (χ2n) is 8.67. The molecule has 1 heterocycles. The Kier molecular flexibility index (Phi) is 7.86. The lowest BCUT2D eigenvalue weighted by molar-refractivity contribution is -0.137. The van der Waals surface area contributed by atoms with Gasteiger partial charge >= 0.3 is 6.18 Å². The highest BCUT2D eigenvalue weighted by molar-refractivity contribution is 5.63. The quantitative estimate of drug-likeness (QED) is 0.316. The minimum atomic E-state index is -4.62. The van der Waals surface area contributed by atoms with Crippen molar-refractivity contribution in [3.8, 4) is 11.5 Å². The first-order valence-corrected chi connectivity index (χ1v) is 11.0. The molecule has 0 aliphatic heterocycles. The highest BCUT2D eigenvalue weighted by atomic mass is 19.4. The Labute approximate surface area is 197 Å². The van der Waals surface area contributed by atoms with Gasteiger partial charge in [0, 0.05) is 17.6 Å². The van der Waals surface area contributed by atoms with E-state index in [4.69, 9.17) is 9.47 Å². The number of nitrogens with one attached hydrogen (secondary N) is 2. The van der Waals surface area contributed by atoms with Gasteiger partial charge in [-0.1, -0.05) is 13.3 Å². The summed E-state index contributed by atoms with van der Waals surface area (Å²) in [5, 5.41) is 5.68. The molecule has 6 nitrogen and oxygen atoms in total. The largest absolute Gasteiger partial charge is 0.494 e. The van der Waals surface area contributed by atoms with Crippen LogP contribution in [0, 0.1) is 0 Å². The molecule has 0 aliphatic rings. The minimum absolute atomic E-state index is 0.0273. The zero-order valence-corrected chi connectivity index (χ0v) is 19.7. The van der Waals surface area contributed by atoms with Crippen LogP contribution in [0.5, 0.6) is 11.5 Å². The summed E-state index contributed by atoms with van der Waals surface area (Å²) < 4.78 is 52.0. The number of aromatic nitrogens is 2. The lowest BCUT2D eigenvalue weighted by Crippen LogP contribution is -2.22. The average molecular weight is 475 g/mol. The van der Waals surface area contributed by atoms with Crippen LogP contribution in [0.15, 0.2) is 54.7 Å². The fourth-order valence-electron chi connectivity index (χ4n) is 2.94. The van der Waals surface area contributed by atoms with Gasteiger partial charge in [0.2, 0.25) is 5.95 Å². The summed E-state index contributed by atoms with van der Waals surface area (Å²) in [6.45, 7) is 8.48. The second kappa shape index (κ2) is 10.6. The molecule has 0 saturated heterocycles. The molecular weight excluding hydrogens is 445 g/mol. The molecule has 0 unspecified atom stereocenters. The zero-order valence-electron chi connectivity index (χ0n) is 19.7. The first-order chi connectivity index (χ1) is 16.0. The lowest BCUT2D eigenvalue weighted by atomic mass is 10.2. The van der Waals surface area contributed by atoms with Crippen molar-refractivity contribution < 1.29 is 22.6 Å². The van der Waals surface area contributed by atoms with E-state index in [1.54, 1.807) is 48.5 Å². The molecule has 2 N–H and O–H groups in total. The van der Waals surface area contributed by atoms with Gasteiger partial charge in [-0.15, -0.1) is 0 Å². The van der Waals surface area contributed by atoms with Crippen molar-refractivity contribution in [3.63, 3.8) is 0 Å². The average Bonchev–Trinajstić information content (AvgIpc) is 2.75. The summed E-state index contributed by atoms with van der Waals surface area (Å²) >= 11 is 0. The number of alkyl halides is 3. The molecule has 3 rings (SSSR count). The van der Waals surface area contributed by atoms with Crippen LogP contribution < -0.4 is 20.1 Å². The van der Waals surface area contributed by atoms with E-state index in [-0.39, 0.29) is 17.4 Å². The second-order valence-corrected chi connectivity index (χ2v) is 8.67. The van der Waals surface area contributed by atoms with Crippen LogP contribution in [0.1, 0.15) is 46.1 Å². The summed E-state index contributed by atoms with van der Waals surface area (Å²) in [5.41, 5.74) is -0.247. The van der Waals surface area contributed by atoms with Gasteiger partial charge < -0.3 is 20.1 Å². The summed E-state index contributed by atoms with van der Waals surface area (Å²) in [6, 6.07) is 13.7. The van der Waals surface area contributed by atoms with Crippen molar-refractivity contribution >= 4 is 23.1 Å². The van der Waals surface area contributed by atoms with Gasteiger partial charge in [0.05, 0.1) is 6.61 Å². The third-order valence-electron chi connectivity index (χ3n) is 4.51. The Morgan fingerprint density at radius 1 is 0.853 bits per heavy atom. The number of hydrogen-bond donors (Lipinski definition) is 2. The van der Waals surface area contributed by atoms with E-state index in [2.05, 4.69) is 27.5 Å². The van der Waals surface area contributed by atoms with Crippen LogP contribution in [-0.4, -0.2) is 22.2 Å². The minimum Gasteiger partial charge on any atom is -0.494 e. The fourth-order valence-corrected chi connectivity index (χ4v) is 2.94. The number of unbranched alkanes of at least 4 members (excludes halogenated alkanes) is 1. The Morgan fingerprint density at radius 2 is 1.44 bits per heavy atom. The number of benzene rings is 2. The summed E-state index contributed by atoms with van der Waals surface area (Å²) in [4.78, 5) is 7.93. The van der Waals surface area contributed by atoms with Gasteiger partial charge in [-0.25, -0.2) is 4.98 Å². The highest BCUT2D eigenvalue weighted by Gasteiger charge is 2.35. The number of nitrogens with zero attached hydrogens (tertiary/aromatic N) is 2. The molecular formula is C25H29F3N4O2. The molecule has 0 spiro atoms. The summed E-state index contributed by atoms with van der Waals surface area (Å²) in [5.74, 6) is 1.01. The van der Waals surface area contributed by atoms with E-state index < -0.39 is 11.7 Å². The normalized spacial score (nSPS) is 11.7. The third kappa shape index (κ3) is 7.54. The Hall–Kier alpha value is -3.49. The van der Waals surface area contributed by atoms with E-state index in [0.29, 0.717) is 29.5 Å². The van der Waals surface area contributed by atoms with E-state index >= 15 is 0 Å². The number of hydrogen-bond acceptors (Lipinski definition) is 6. The predicted octanol–water partition coefficient (Wildman–Crippen LogP) is 7.34. The summed E-state index contributed by atoms with van der Waals surface area (Å²) in [6.07, 6.45) is -1.91. The van der Waals surface area contributed by atoms with Gasteiger partial charge in [0.1, 0.15) is 28.5 Å². The Morgan fingerprint density at radius 3 is 2.00 bits per heavy atom. The maximum absolute atomic E-state index is 13.6. The first kappa shape index (κ1) is 25.1. The number of halogens is 3. The van der Waals surface area contributed by atoms with Gasteiger partial charge in [0.15, 0.2) is 0 Å². The molecule has 34 heavy (non-hydrogen) atoms. The Bertz CT molecular complexity index is 1060. The smallest absolute Gasteiger partial charge is 0.421 e. The van der Waals surface area contributed by atoms with E-state index in [1.165, 1.54) is 0 Å². The van der Waals surface area contributed by atoms with Crippen molar-refractivity contribution in [1.82, 2.24) is 9.97 Å². The molecule has 0 fully saturated rings. The molecule has 0 radical (unpaired) electrons. The van der Waals surface area contributed by atoms with Crippen molar-refractivity contribution in [1.29, 1.82) is 0 Å².